The molecule has 7 heteroatoms. The molecular weight excluding hydrogens is 364 g/mol. The van der Waals surface area contributed by atoms with Gasteiger partial charge in [0.15, 0.2) is 0 Å². The van der Waals surface area contributed by atoms with Gasteiger partial charge in [0.05, 0.1) is 24.7 Å². The lowest BCUT2D eigenvalue weighted by Gasteiger charge is -2.26. The van der Waals surface area contributed by atoms with E-state index < -0.39 is 10.0 Å². The molecule has 1 amide bonds. The molecule has 0 unspecified atom stereocenters. The summed E-state index contributed by atoms with van der Waals surface area (Å²) in [5.41, 5.74) is 3.98. The summed E-state index contributed by atoms with van der Waals surface area (Å²) in [7, 11) is -2.00. The number of carbonyl (C=O) groups is 1. The molecule has 0 saturated heterocycles. The lowest BCUT2D eigenvalue weighted by atomic mass is 10.1. The Kier molecular flexibility index (Phi) is 6.49. The van der Waals surface area contributed by atoms with E-state index >= 15 is 0 Å². The molecule has 146 valence electrons. The van der Waals surface area contributed by atoms with Crippen LogP contribution in [0.3, 0.4) is 0 Å². The maximum absolute atomic E-state index is 12.4. The number of benzene rings is 2. The second-order valence-electron chi connectivity index (χ2n) is 6.58. The number of para-hydroxylation sites is 2. The molecule has 2 aromatic carbocycles. The monoisotopic (exact) mass is 390 g/mol. The van der Waals surface area contributed by atoms with E-state index in [0.717, 1.165) is 22.9 Å². The van der Waals surface area contributed by atoms with E-state index in [1.807, 2.05) is 39.0 Å². The third-order valence-electron chi connectivity index (χ3n) is 4.21. The number of ether oxygens (including phenoxy) is 1. The Bertz CT molecular complexity index is 916. The van der Waals surface area contributed by atoms with Crippen LogP contribution < -0.4 is 14.4 Å². The minimum Gasteiger partial charge on any atom is -0.495 e. The first-order chi connectivity index (χ1) is 12.6. The van der Waals surface area contributed by atoms with Gasteiger partial charge in [0.2, 0.25) is 15.9 Å². The first-order valence-electron chi connectivity index (χ1n) is 8.62. The molecule has 0 aliphatic rings. The molecular formula is C20H26N2O4S. The van der Waals surface area contributed by atoms with Crippen molar-refractivity contribution in [3.8, 4) is 5.75 Å². The zero-order valence-electron chi connectivity index (χ0n) is 16.4. The number of sulfonamides is 1. The molecule has 0 aliphatic carbocycles. The summed E-state index contributed by atoms with van der Waals surface area (Å²) in [5.74, 6) is 0.270. The van der Waals surface area contributed by atoms with Crippen LogP contribution in [0.5, 0.6) is 5.75 Å². The van der Waals surface area contributed by atoms with Crippen molar-refractivity contribution in [3.05, 3.63) is 53.1 Å². The molecule has 0 aromatic heterocycles. The maximum atomic E-state index is 12.4. The van der Waals surface area contributed by atoms with Crippen molar-refractivity contribution in [1.82, 2.24) is 0 Å². The van der Waals surface area contributed by atoms with Gasteiger partial charge in [0.25, 0.3) is 0 Å². The molecule has 0 atom stereocenters. The van der Waals surface area contributed by atoms with Gasteiger partial charge in [-0.15, -0.1) is 0 Å². The molecule has 0 spiro atoms. The molecule has 0 radical (unpaired) electrons. The number of aryl methyl sites for hydroxylation is 3. The number of anilines is 2. The topological polar surface area (TPSA) is 75.7 Å². The fraction of sp³-hybridized carbons (Fsp3) is 0.350. The first kappa shape index (κ1) is 20.8. The van der Waals surface area contributed by atoms with Gasteiger partial charge in [0, 0.05) is 13.0 Å². The van der Waals surface area contributed by atoms with Crippen molar-refractivity contribution in [2.45, 2.75) is 27.2 Å². The summed E-state index contributed by atoms with van der Waals surface area (Å²) in [5, 5.41) is 2.77. The number of nitrogens with one attached hydrogen (secondary N) is 1. The average molecular weight is 391 g/mol. The Morgan fingerprint density at radius 2 is 1.70 bits per heavy atom. The number of amides is 1. The zero-order chi connectivity index (χ0) is 20.2. The Balaban J connectivity index is 2.20. The van der Waals surface area contributed by atoms with Crippen LogP contribution in [0.4, 0.5) is 11.4 Å². The lowest BCUT2D eigenvalue weighted by molar-refractivity contribution is -0.116. The van der Waals surface area contributed by atoms with Gasteiger partial charge < -0.3 is 10.1 Å². The van der Waals surface area contributed by atoms with Crippen molar-refractivity contribution >= 4 is 27.3 Å². The van der Waals surface area contributed by atoms with Crippen LogP contribution in [0.2, 0.25) is 0 Å². The van der Waals surface area contributed by atoms with Gasteiger partial charge >= 0.3 is 0 Å². The van der Waals surface area contributed by atoms with Crippen LogP contribution in [-0.4, -0.2) is 34.2 Å². The van der Waals surface area contributed by atoms with Crippen LogP contribution in [0.15, 0.2) is 36.4 Å². The number of rotatable bonds is 7. The number of methoxy groups -OCH3 is 1. The second-order valence-corrected chi connectivity index (χ2v) is 8.49. The summed E-state index contributed by atoms with van der Waals surface area (Å²) in [6.07, 6.45) is 1.18. The summed E-state index contributed by atoms with van der Waals surface area (Å²) in [6, 6.07) is 11.0. The minimum absolute atomic E-state index is 0.0257. The van der Waals surface area contributed by atoms with E-state index in [2.05, 4.69) is 5.32 Å². The van der Waals surface area contributed by atoms with Gasteiger partial charge in [0.1, 0.15) is 5.75 Å². The van der Waals surface area contributed by atoms with Gasteiger partial charge in [-0.1, -0.05) is 29.8 Å². The Morgan fingerprint density at radius 3 is 2.26 bits per heavy atom. The minimum atomic E-state index is -3.53. The molecule has 6 nitrogen and oxygen atoms in total. The Labute approximate surface area is 161 Å². The quantitative estimate of drug-likeness (QED) is 0.786. The third kappa shape index (κ3) is 5.23. The Hall–Kier alpha value is -2.54. The third-order valence-corrected chi connectivity index (χ3v) is 5.37. The van der Waals surface area contributed by atoms with Crippen molar-refractivity contribution in [3.63, 3.8) is 0 Å². The van der Waals surface area contributed by atoms with Gasteiger partial charge in [-0.25, -0.2) is 8.42 Å². The molecule has 2 aromatic rings. The largest absolute Gasteiger partial charge is 0.495 e. The fourth-order valence-corrected chi connectivity index (χ4v) is 4.22. The van der Waals surface area contributed by atoms with Crippen LogP contribution in [0.25, 0.3) is 0 Å². The van der Waals surface area contributed by atoms with Crippen LogP contribution in [0.1, 0.15) is 23.1 Å². The Morgan fingerprint density at radius 1 is 1.11 bits per heavy atom. The fourth-order valence-electron chi connectivity index (χ4n) is 3.17. The summed E-state index contributed by atoms with van der Waals surface area (Å²) in [4.78, 5) is 12.4. The van der Waals surface area contributed by atoms with Crippen molar-refractivity contribution in [2.24, 2.45) is 0 Å². The second kappa shape index (κ2) is 8.43. The molecule has 0 heterocycles. The lowest BCUT2D eigenvalue weighted by Crippen LogP contribution is -2.34. The highest BCUT2D eigenvalue weighted by atomic mass is 32.2. The predicted molar refractivity (Wildman–Crippen MR) is 109 cm³/mol. The van der Waals surface area contributed by atoms with Crippen LogP contribution in [0, 0.1) is 20.8 Å². The number of nitrogens with zero attached hydrogens (tertiary/aromatic N) is 1. The predicted octanol–water partition coefficient (Wildman–Crippen LogP) is 3.42. The van der Waals surface area contributed by atoms with E-state index in [9.17, 15) is 13.2 Å². The van der Waals surface area contributed by atoms with Crippen LogP contribution in [-0.2, 0) is 14.8 Å². The van der Waals surface area contributed by atoms with Crippen molar-refractivity contribution in [1.29, 1.82) is 0 Å². The van der Waals surface area contributed by atoms with Crippen molar-refractivity contribution < 1.29 is 17.9 Å². The highest BCUT2D eigenvalue weighted by Gasteiger charge is 2.22. The SMILES string of the molecule is COc1ccccc1NC(=O)CCN(c1c(C)cc(C)cc1C)S(C)(=O)=O. The summed E-state index contributed by atoms with van der Waals surface area (Å²) in [6.45, 7) is 5.78. The van der Waals surface area contributed by atoms with E-state index in [-0.39, 0.29) is 18.9 Å². The molecule has 2 rings (SSSR count). The molecule has 0 bridgehead atoms. The highest BCUT2D eigenvalue weighted by Crippen LogP contribution is 2.29. The normalized spacial score (nSPS) is 11.1. The number of hydrogen-bond donors (Lipinski definition) is 1. The van der Waals surface area contributed by atoms with Gasteiger partial charge in [-0.05, 0) is 44.0 Å². The van der Waals surface area contributed by atoms with Gasteiger partial charge in [-0.2, -0.15) is 0 Å². The first-order valence-corrected chi connectivity index (χ1v) is 10.5. The maximum Gasteiger partial charge on any atom is 0.232 e. The molecule has 0 saturated carbocycles. The smallest absolute Gasteiger partial charge is 0.232 e. The molecule has 0 aliphatic heterocycles. The highest BCUT2D eigenvalue weighted by molar-refractivity contribution is 7.92. The zero-order valence-corrected chi connectivity index (χ0v) is 17.2. The number of hydrogen-bond acceptors (Lipinski definition) is 4. The molecule has 27 heavy (non-hydrogen) atoms. The summed E-state index contributed by atoms with van der Waals surface area (Å²) >= 11 is 0. The van der Waals surface area contributed by atoms with E-state index in [0.29, 0.717) is 17.1 Å². The van der Waals surface area contributed by atoms with Crippen LogP contribution >= 0.6 is 0 Å². The van der Waals surface area contributed by atoms with Crippen molar-refractivity contribution in [2.75, 3.05) is 29.5 Å². The number of carbonyl (C=O) groups excluding carboxylic acids is 1. The van der Waals surface area contributed by atoms with E-state index in [1.165, 1.54) is 11.4 Å². The average Bonchev–Trinajstić information content (AvgIpc) is 2.56. The van der Waals surface area contributed by atoms with E-state index in [4.69, 9.17) is 4.74 Å². The standard InChI is InChI=1S/C20H26N2O4S/c1-14-12-15(2)20(16(3)13-14)22(27(5,24)25)11-10-19(23)21-17-8-6-7-9-18(17)26-4/h6-9,12-13H,10-11H2,1-5H3,(H,21,23). The molecule has 0 fully saturated rings. The van der Waals surface area contributed by atoms with E-state index in [1.54, 1.807) is 18.2 Å². The van der Waals surface area contributed by atoms with Gasteiger partial charge in [-0.3, -0.25) is 9.10 Å². The molecule has 1 N–H and O–H groups in total. The summed E-state index contributed by atoms with van der Waals surface area (Å²) < 4.78 is 31.3.